The Morgan fingerprint density at radius 2 is 0.957 bits per heavy atom. The van der Waals surface area contributed by atoms with Gasteiger partial charge >= 0.3 is 0 Å². The SMILES string of the molecule is CCCC(CC(C)N)c1ccc(Sc2cccc3c2C(=O)c2c(Sc4ccc(C(CCC)CC(C)N)cc4)cccc2C3=O)cc1. The van der Waals surface area contributed by atoms with Crippen LogP contribution in [0.25, 0.3) is 0 Å². The van der Waals surface area contributed by atoms with Crippen LogP contribution in [0.15, 0.2) is 105 Å². The summed E-state index contributed by atoms with van der Waals surface area (Å²) in [5.74, 6) is 0.674. The summed E-state index contributed by atoms with van der Waals surface area (Å²) in [6, 6.07) is 28.7. The Morgan fingerprint density at radius 3 is 1.30 bits per heavy atom. The lowest BCUT2D eigenvalue weighted by Gasteiger charge is -2.22. The highest BCUT2D eigenvalue weighted by Crippen LogP contribution is 2.42. The van der Waals surface area contributed by atoms with Crippen LogP contribution >= 0.6 is 23.5 Å². The first-order valence-electron chi connectivity index (χ1n) is 16.6. The van der Waals surface area contributed by atoms with E-state index in [0.717, 1.165) is 58.1 Å². The molecule has 5 rings (SSSR count). The predicted octanol–water partition coefficient (Wildman–Crippen LogP) is 10.0. The number of rotatable bonds is 14. The second kappa shape index (κ2) is 15.6. The Labute approximate surface area is 283 Å². The summed E-state index contributed by atoms with van der Waals surface area (Å²) in [7, 11) is 0. The first kappa shape index (κ1) is 34.2. The minimum absolute atomic E-state index is 0.0936. The molecule has 4 N–H and O–H groups in total. The molecule has 4 atom stereocenters. The second-order valence-electron chi connectivity index (χ2n) is 12.8. The minimum Gasteiger partial charge on any atom is -0.328 e. The van der Waals surface area contributed by atoms with Gasteiger partial charge in [-0.3, -0.25) is 9.59 Å². The van der Waals surface area contributed by atoms with Crippen LogP contribution in [0.2, 0.25) is 0 Å². The third-order valence-electron chi connectivity index (χ3n) is 8.74. The van der Waals surface area contributed by atoms with Crippen LogP contribution in [0.5, 0.6) is 0 Å². The lowest BCUT2D eigenvalue weighted by molar-refractivity contribution is 0.0974. The predicted molar refractivity (Wildman–Crippen MR) is 193 cm³/mol. The van der Waals surface area contributed by atoms with E-state index in [2.05, 4.69) is 76.2 Å². The topological polar surface area (TPSA) is 86.2 Å². The fourth-order valence-corrected chi connectivity index (χ4v) is 8.61. The highest BCUT2D eigenvalue weighted by molar-refractivity contribution is 7.99. The first-order chi connectivity index (χ1) is 22.2. The number of benzene rings is 4. The van der Waals surface area contributed by atoms with Crippen LogP contribution in [-0.2, 0) is 0 Å². The summed E-state index contributed by atoms with van der Waals surface area (Å²) >= 11 is 3.08. The third kappa shape index (κ3) is 7.86. The van der Waals surface area contributed by atoms with Gasteiger partial charge in [-0.2, -0.15) is 0 Å². The van der Waals surface area contributed by atoms with E-state index < -0.39 is 0 Å². The number of nitrogens with two attached hydrogens (primary N) is 2. The molecule has 0 aliphatic heterocycles. The van der Waals surface area contributed by atoms with Crippen LogP contribution in [0, 0.1) is 0 Å². The maximum atomic E-state index is 14.3. The lowest BCUT2D eigenvalue weighted by atomic mass is 9.84. The molecular weight excluding hydrogens is 605 g/mol. The van der Waals surface area contributed by atoms with E-state index in [4.69, 9.17) is 11.5 Å². The zero-order valence-corrected chi connectivity index (χ0v) is 29.1. The van der Waals surface area contributed by atoms with Crippen molar-refractivity contribution in [1.82, 2.24) is 0 Å². The molecule has 46 heavy (non-hydrogen) atoms. The molecule has 1 aliphatic carbocycles. The van der Waals surface area contributed by atoms with Gasteiger partial charge in [0.25, 0.3) is 0 Å². The number of hydrogen-bond acceptors (Lipinski definition) is 6. The van der Waals surface area contributed by atoms with Crippen molar-refractivity contribution in [2.75, 3.05) is 0 Å². The smallest absolute Gasteiger partial charge is 0.196 e. The highest BCUT2D eigenvalue weighted by atomic mass is 32.2. The van der Waals surface area contributed by atoms with Gasteiger partial charge in [0.1, 0.15) is 0 Å². The molecule has 0 amide bonds. The third-order valence-corrected chi connectivity index (χ3v) is 10.9. The fourth-order valence-electron chi connectivity index (χ4n) is 6.65. The van der Waals surface area contributed by atoms with E-state index in [1.54, 1.807) is 12.1 Å². The summed E-state index contributed by atoms with van der Waals surface area (Å²) in [6.07, 6.45) is 6.35. The zero-order chi connectivity index (χ0) is 32.8. The van der Waals surface area contributed by atoms with Crippen molar-refractivity contribution in [3.63, 3.8) is 0 Å². The molecule has 4 nitrogen and oxygen atoms in total. The largest absolute Gasteiger partial charge is 0.328 e. The second-order valence-corrected chi connectivity index (χ2v) is 15.0. The first-order valence-corrected chi connectivity index (χ1v) is 18.3. The summed E-state index contributed by atoms with van der Waals surface area (Å²) in [6.45, 7) is 8.55. The van der Waals surface area contributed by atoms with Crippen molar-refractivity contribution < 1.29 is 9.59 Å². The quantitative estimate of drug-likeness (QED) is 0.124. The molecule has 0 radical (unpaired) electrons. The number of hydrogen-bond donors (Lipinski definition) is 2. The summed E-state index contributed by atoms with van der Waals surface area (Å²) in [4.78, 5) is 31.8. The molecule has 6 heteroatoms. The molecule has 240 valence electrons. The van der Waals surface area contributed by atoms with Crippen LogP contribution in [-0.4, -0.2) is 23.7 Å². The Kier molecular flexibility index (Phi) is 11.6. The van der Waals surface area contributed by atoms with E-state index >= 15 is 0 Å². The highest BCUT2D eigenvalue weighted by Gasteiger charge is 2.34. The van der Waals surface area contributed by atoms with Gasteiger partial charge in [0, 0.05) is 53.9 Å². The summed E-state index contributed by atoms with van der Waals surface area (Å²) in [5.41, 5.74) is 16.8. The Hall–Kier alpha value is -3.16. The van der Waals surface area contributed by atoms with Crippen molar-refractivity contribution in [2.45, 2.75) is 110 Å². The molecule has 0 saturated heterocycles. The maximum absolute atomic E-state index is 14.3. The average Bonchev–Trinajstić information content (AvgIpc) is 3.03. The van der Waals surface area contributed by atoms with Gasteiger partial charge in [0.15, 0.2) is 11.6 Å². The van der Waals surface area contributed by atoms with Crippen LogP contribution in [0.4, 0.5) is 0 Å². The Bertz CT molecular complexity index is 1540. The Morgan fingerprint density at radius 1 is 0.565 bits per heavy atom. The molecule has 4 aromatic rings. The number of ketones is 2. The van der Waals surface area contributed by atoms with Gasteiger partial charge in [-0.1, -0.05) is 98.7 Å². The monoisotopic (exact) mass is 650 g/mol. The van der Waals surface area contributed by atoms with Crippen molar-refractivity contribution in [3.05, 3.63) is 118 Å². The average molecular weight is 651 g/mol. The molecule has 0 bridgehead atoms. The molecule has 0 saturated carbocycles. The van der Waals surface area contributed by atoms with Gasteiger partial charge in [0.2, 0.25) is 0 Å². The van der Waals surface area contributed by atoms with E-state index in [-0.39, 0.29) is 23.7 Å². The van der Waals surface area contributed by atoms with Crippen LogP contribution < -0.4 is 11.5 Å². The normalized spacial score (nSPS) is 15.2. The van der Waals surface area contributed by atoms with E-state index in [1.807, 2.05) is 24.3 Å². The van der Waals surface area contributed by atoms with Crippen molar-refractivity contribution >= 4 is 35.1 Å². The molecule has 4 aromatic carbocycles. The zero-order valence-electron chi connectivity index (χ0n) is 27.4. The summed E-state index contributed by atoms with van der Waals surface area (Å²) < 4.78 is 0. The van der Waals surface area contributed by atoms with E-state index in [0.29, 0.717) is 34.1 Å². The summed E-state index contributed by atoms with van der Waals surface area (Å²) in [5, 5.41) is 0. The molecule has 0 heterocycles. The number of fused-ring (bicyclic) bond motifs is 2. The lowest BCUT2D eigenvalue weighted by Crippen LogP contribution is -2.22. The van der Waals surface area contributed by atoms with Crippen molar-refractivity contribution in [1.29, 1.82) is 0 Å². The molecular formula is C40H46N2O2S2. The van der Waals surface area contributed by atoms with Crippen molar-refractivity contribution in [2.24, 2.45) is 11.5 Å². The van der Waals surface area contributed by atoms with Crippen LogP contribution in [0.3, 0.4) is 0 Å². The molecule has 0 aromatic heterocycles. The molecule has 0 fully saturated rings. The van der Waals surface area contributed by atoms with Gasteiger partial charge in [-0.15, -0.1) is 0 Å². The van der Waals surface area contributed by atoms with Crippen LogP contribution in [0.1, 0.15) is 121 Å². The number of carbonyl (C=O) groups excluding carboxylic acids is 2. The number of carbonyl (C=O) groups is 2. The molecule has 4 unspecified atom stereocenters. The van der Waals surface area contributed by atoms with E-state index in [1.165, 1.54) is 34.7 Å². The van der Waals surface area contributed by atoms with E-state index in [9.17, 15) is 9.59 Å². The van der Waals surface area contributed by atoms with Gasteiger partial charge in [0.05, 0.1) is 0 Å². The molecule has 0 spiro atoms. The Balaban J connectivity index is 1.41. The minimum atomic E-state index is -0.100. The van der Waals surface area contributed by atoms with Gasteiger partial charge < -0.3 is 11.5 Å². The molecule has 1 aliphatic rings. The van der Waals surface area contributed by atoms with Crippen molar-refractivity contribution in [3.8, 4) is 0 Å². The van der Waals surface area contributed by atoms with Gasteiger partial charge in [-0.25, -0.2) is 0 Å². The fraction of sp³-hybridized carbons (Fsp3) is 0.350. The van der Waals surface area contributed by atoms with Gasteiger partial charge in [-0.05, 0) is 98.9 Å². The maximum Gasteiger partial charge on any atom is 0.196 e. The standard InChI is InChI=1S/C40H46N2O2S2/c1-5-9-29(23-25(3)41)27-15-19-31(20-16-27)45-35-13-7-11-33-37(35)40(44)38-34(39(33)43)12-8-14-36(38)46-32-21-17-28(18-22-32)30(10-6-2)24-26(4)42/h7-8,11-22,25-26,29-30H,5-6,9-10,23-24,41-42H2,1-4H3.